The van der Waals surface area contributed by atoms with Crippen molar-refractivity contribution in [2.75, 3.05) is 17.7 Å². The molecule has 0 bridgehead atoms. The Kier molecular flexibility index (Phi) is 6.69. The number of pyridine rings is 2. The van der Waals surface area contributed by atoms with Crippen molar-refractivity contribution in [1.82, 2.24) is 9.97 Å². The van der Waals surface area contributed by atoms with Crippen LogP contribution in [-0.2, 0) is 0 Å². The predicted octanol–water partition coefficient (Wildman–Crippen LogP) is 3.82. The van der Waals surface area contributed by atoms with Crippen LogP contribution in [0.15, 0.2) is 48.7 Å². The average molecular weight is 451 g/mol. The smallest absolute Gasteiger partial charge is 0.252 e. The number of primary amides is 1. The van der Waals surface area contributed by atoms with Crippen LogP contribution in [0.1, 0.15) is 36.0 Å². The van der Waals surface area contributed by atoms with Crippen molar-refractivity contribution < 1.29 is 13.9 Å². The molecule has 4 rings (SSSR count). The number of rotatable bonds is 7. The Bertz CT molecular complexity index is 1160. The summed E-state index contributed by atoms with van der Waals surface area (Å²) < 4.78 is 20.2. The Morgan fingerprint density at radius 3 is 2.70 bits per heavy atom. The van der Waals surface area contributed by atoms with Gasteiger partial charge in [-0.25, -0.2) is 9.37 Å². The van der Waals surface area contributed by atoms with E-state index in [0.717, 1.165) is 37.3 Å². The summed E-state index contributed by atoms with van der Waals surface area (Å²) in [5, 5.41) is 6.20. The summed E-state index contributed by atoms with van der Waals surface area (Å²) in [4.78, 5) is 20.8. The van der Waals surface area contributed by atoms with Crippen LogP contribution >= 0.6 is 0 Å². The number of carbonyl (C=O) groups is 1. The lowest BCUT2D eigenvalue weighted by Crippen LogP contribution is -2.43. The van der Waals surface area contributed by atoms with Crippen LogP contribution in [0.4, 0.5) is 21.7 Å². The zero-order valence-electron chi connectivity index (χ0n) is 18.3. The number of carbonyl (C=O) groups excluding carboxylic acids is 1. The second-order valence-electron chi connectivity index (χ2n) is 8.03. The second-order valence-corrected chi connectivity index (χ2v) is 8.03. The first kappa shape index (κ1) is 22.5. The van der Waals surface area contributed by atoms with Crippen LogP contribution in [-0.4, -0.2) is 35.1 Å². The second kappa shape index (κ2) is 9.83. The highest BCUT2D eigenvalue weighted by atomic mass is 19.1. The number of nitrogens with zero attached hydrogens (tertiary/aromatic N) is 2. The number of halogens is 1. The average Bonchev–Trinajstić information content (AvgIpc) is 2.82. The van der Waals surface area contributed by atoms with Crippen molar-refractivity contribution in [2.45, 2.75) is 37.8 Å². The molecule has 0 unspecified atom stereocenters. The topological polar surface area (TPSA) is 128 Å². The highest BCUT2D eigenvalue weighted by Gasteiger charge is 2.24. The molecule has 3 aromatic rings. The van der Waals surface area contributed by atoms with Crippen molar-refractivity contribution >= 4 is 23.2 Å². The molecule has 0 saturated heterocycles. The van der Waals surface area contributed by atoms with Crippen molar-refractivity contribution in [1.29, 1.82) is 0 Å². The maximum Gasteiger partial charge on any atom is 0.252 e. The van der Waals surface area contributed by atoms with Crippen molar-refractivity contribution in [2.24, 2.45) is 11.5 Å². The number of nitrogens with two attached hydrogens (primary N) is 2. The van der Waals surface area contributed by atoms with Gasteiger partial charge in [0.15, 0.2) is 11.6 Å². The SMILES string of the molecule is COc1ccccc1-c1cc(Nc2nc(N[C@@H]3CCCC[C@@H]3N)c(F)cc2C(N)=O)ccn1. The maximum absolute atomic E-state index is 14.8. The first-order valence-corrected chi connectivity index (χ1v) is 10.8. The van der Waals surface area contributed by atoms with Gasteiger partial charge in [-0.1, -0.05) is 25.0 Å². The number of methoxy groups -OCH3 is 1. The van der Waals surface area contributed by atoms with Gasteiger partial charge in [0.2, 0.25) is 0 Å². The van der Waals surface area contributed by atoms with Crippen LogP contribution < -0.4 is 26.8 Å². The quantitative estimate of drug-likeness (QED) is 0.431. The minimum Gasteiger partial charge on any atom is -0.496 e. The van der Waals surface area contributed by atoms with Gasteiger partial charge in [-0.15, -0.1) is 0 Å². The Labute approximate surface area is 191 Å². The molecule has 6 N–H and O–H groups in total. The summed E-state index contributed by atoms with van der Waals surface area (Å²) in [5.74, 6) is -0.590. The number of benzene rings is 1. The Hall–Kier alpha value is -3.72. The summed E-state index contributed by atoms with van der Waals surface area (Å²) in [7, 11) is 1.59. The van der Waals surface area contributed by atoms with Crippen molar-refractivity contribution in [3.8, 4) is 17.0 Å². The number of nitrogens with one attached hydrogen (secondary N) is 2. The van der Waals surface area contributed by atoms with Gasteiger partial charge in [-0.2, -0.15) is 0 Å². The van der Waals surface area contributed by atoms with E-state index in [1.807, 2.05) is 24.3 Å². The van der Waals surface area contributed by atoms with Crippen LogP contribution in [0.5, 0.6) is 5.75 Å². The van der Waals surface area contributed by atoms with Gasteiger partial charge in [-0.05, 0) is 43.2 Å². The zero-order chi connectivity index (χ0) is 23.4. The summed E-state index contributed by atoms with van der Waals surface area (Å²) in [6.45, 7) is 0. The summed E-state index contributed by atoms with van der Waals surface area (Å²) in [6.07, 6.45) is 5.39. The highest BCUT2D eigenvalue weighted by Crippen LogP contribution is 2.31. The molecule has 2 aromatic heterocycles. The lowest BCUT2D eigenvalue weighted by atomic mass is 9.91. The number of ether oxygens (including phenoxy) is 1. The van der Waals surface area contributed by atoms with E-state index < -0.39 is 11.7 Å². The first-order valence-electron chi connectivity index (χ1n) is 10.8. The fourth-order valence-electron chi connectivity index (χ4n) is 4.04. The van der Waals surface area contributed by atoms with Crippen LogP contribution in [0.2, 0.25) is 0 Å². The zero-order valence-corrected chi connectivity index (χ0v) is 18.3. The Morgan fingerprint density at radius 1 is 1.15 bits per heavy atom. The van der Waals surface area contributed by atoms with Gasteiger partial charge >= 0.3 is 0 Å². The van der Waals surface area contributed by atoms with Gasteiger partial charge in [0, 0.05) is 29.5 Å². The van der Waals surface area contributed by atoms with Crippen LogP contribution in [0.3, 0.4) is 0 Å². The largest absolute Gasteiger partial charge is 0.496 e. The molecule has 0 aliphatic heterocycles. The molecule has 1 saturated carbocycles. The van der Waals surface area contributed by atoms with E-state index in [4.69, 9.17) is 16.2 Å². The van der Waals surface area contributed by atoms with Gasteiger partial charge < -0.3 is 26.8 Å². The normalized spacial score (nSPS) is 17.9. The number of hydrogen-bond acceptors (Lipinski definition) is 7. The summed E-state index contributed by atoms with van der Waals surface area (Å²) >= 11 is 0. The molecule has 33 heavy (non-hydrogen) atoms. The van der Waals surface area contributed by atoms with E-state index in [2.05, 4.69) is 20.6 Å². The van der Waals surface area contributed by atoms with Gasteiger partial charge in [0.25, 0.3) is 5.91 Å². The fraction of sp³-hybridized carbons (Fsp3) is 0.292. The van der Waals surface area contributed by atoms with E-state index in [1.165, 1.54) is 0 Å². The number of hydrogen-bond donors (Lipinski definition) is 4. The number of anilines is 3. The molecule has 1 fully saturated rings. The minimum absolute atomic E-state index is 0.0314. The molecule has 0 spiro atoms. The lowest BCUT2D eigenvalue weighted by molar-refractivity contribution is 0.100. The fourth-order valence-corrected chi connectivity index (χ4v) is 4.04. The monoisotopic (exact) mass is 450 g/mol. The summed E-state index contributed by atoms with van der Waals surface area (Å²) in [6, 6.07) is 11.9. The van der Waals surface area contributed by atoms with Crippen molar-refractivity contribution in [3.63, 3.8) is 0 Å². The number of para-hydroxylation sites is 1. The third kappa shape index (κ3) is 5.04. The molecule has 0 radical (unpaired) electrons. The minimum atomic E-state index is -0.788. The van der Waals surface area contributed by atoms with Gasteiger partial charge in [0.1, 0.15) is 11.6 Å². The van der Waals surface area contributed by atoms with Crippen molar-refractivity contribution in [3.05, 3.63) is 60.0 Å². The number of aromatic nitrogens is 2. The maximum atomic E-state index is 14.8. The molecule has 1 aliphatic carbocycles. The molecular formula is C24H27FN6O2. The summed E-state index contributed by atoms with van der Waals surface area (Å²) in [5.41, 5.74) is 13.7. The highest BCUT2D eigenvalue weighted by molar-refractivity contribution is 5.98. The predicted molar refractivity (Wildman–Crippen MR) is 126 cm³/mol. The van der Waals surface area contributed by atoms with Gasteiger partial charge in [0.05, 0.1) is 18.4 Å². The third-order valence-corrected chi connectivity index (χ3v) is 5.79. The molecule has 1 amide bonds. The molecule has 2 atom stereocenters. The van der Waals surface area contributed by atoms with E-state index in [1.54, 1.807) is 25.4 Å². The van der Waals surface area contributed by atoms with Crippen LogP contribution in [0.25, 0.3) is 11.3 Å². The molecule has 1 aromatic carbocycles. The molecule has 1 aliphatic rings. The molecule has 9 heteroatoms. The van der Waals surface area contributed by atoms with Gasteiger partial charge in [-0.3, -0.25) is 9.78 Å². The Morgan fingerprint density at radius 2 is 1.94 bits per heavy atom. The van der Waals surface area contributed by atoms with E-state index in [0.29, 0.717) is 17.1 Å². The molecular weight excluding hydrogens is 423 g/mol. The van der Waals surface area contributed by atoms with E-state index in [9.17, 15) is 9.18 Å². The molecule has 8 nitrogen and oxygen atoms in total. The first-order chi connectivity index (χ1) is 16.0. The molecule has 2 heterocycles. The lowest BCUT2D eigenvalue weighted by Gasteiger charge is -2.30. The van der Waals surface area contributed by atoms with E-state index >= 15 is 0 Å². The molecule has 172 valence electrons. The number of amides is 1. The standard InChI is InChI=1S/C24H27FN6O2/c1-33-21-9-5-2-6-15(21)20-12-14(10-11-28-20)29-23-16(22(27)32)13-17(25)24(31-23)30-19-8-4-3-7-18(19)26/h2,5-6,9-13,18-19H,3-4,7-8,26H2,1H3,(H2,27,32)(H2,28,29,30,31)/t18-,19+/m0/s1. The Balaban J connectivity index is 1.66. The van der Waals surface area contributed by atoms with Crippen LogP contribution in [0, 0.1) is 5.82 Å². The third-order valence-electron chi connectivity index (χ3n) is 5.79. The van der Waals surface area contributed by atoms with E-state index in [-0.39, 0.29) is 29.3 Å².